The average molecular weight is 442 g/mol. The minimum atomic E-state index is -0.207. The molecule has 32 heavy (non-hydrogen) atoms. The Balaban J connectivity index is 1.88. The van der Waals surface area contributed by atoms with Crippen LogP contribution >= 0.6 is 0 Å². The van der Waals surface area contributed by atoms with Crippen LogP contribution in [-0.4, -0.2) is 74.1 Å². The first-order chi connectivity index (χ1) is 15.2. The summed E-state index contributed by atoms with van der Waals surface area (Å²) in [6, 6.07) is 5.14. The lowest BCUT2D eigenvalue weighted by molar-refractivity contribution is 0.0787. The lowest BCUT2D eigenvalue weighted by Gasteiger charge is -2.20. The molecule has 1 aromatic heterocycles. The van der Waals surface area contributed by atoms with Crippen molar-refractivity contribution >= 4 is 17.8 Å². The Labute approximate surface area is 188 Å². The van der Waals surface area contributed by atoms with Gasteiger partial charge in [-0.3, -0.25) is 9.59 Å². The van der Waals surface area contributed by atoms with Gasteiger partial charge in [-0.2, -0.15) is 0 Å². The van der Waals surface area contributed by atoms with E-state index in [1.165, 1.54) is 7.11 Å². The Morgan fingerprint density at radius 3 is 2.56 bits per heavy atom. The summed E-state index contributed by atoms with van der Waals surface area (Å²) in [5.74, 6) is 1.21. The molecule has 0 aliphatic carbocycles. The molecule has 1 unspecified atom stereocenters. The molecule has 0 radical (unpaired) electrons. The summed E-state index contributed by atoms with van der Waals surface area (Å²) in [4.78, 5) is 38.6. The molecule has 1 aromatic carbocycles. The lowest BCUT2D eigenvalue weighted by atomic mass is 9.99. The Bertz CT molecular complexity index is 992. The summed E-state index contributed by atoms with van der Waals surface area (Å²) < 4.78 is 10.6. The van der Waals surface area contributed by atoms with E-state index in [-0.39, 0.29) is 23.8 Å². The first-order valence-electron chi connectivity index (χ1n) is 10.6. The zero-order chi connectivity index (χ0) is 23.4. The highest BCUT2D eigenvalue weighted by Crippen LogP contribution is 2.32. The van der Waals surface area contributed by atoms with Gasteiger partial charge in [0, 0.05) is 51.4 Å². The van der Waals surface area contributed by atoms with Crippen molar-refractivity contribution < 1.29 is 19.1 Å². The van der Waals surface area contributed by atoms with E-state index in [2.05, 4.69) is 15.3 Å². The van der Waals surface area contributed by atoms with Crippen molar-refractivity contribution in [3.63, 3.8) is 0 Å². The molecule has 9 nitrogen and oxygen atoms in total. The Hall–Kier alpha value is -3.36. The number of carbonyl (C=O) groups excluding carboxylic acids is 2. The summed E-state index contributed by atoms with van der Waals surface area (Å²) in [7, 11) is 6.81. The monoisotopic (exact) mass is 441 g/mol. The Morgan fingerprint density at radius 1 is 1.19 bits per heavy atom. The van der Waals surface area contributed by atoms with Gasteiger partial charge < -0.3 is 24.6 Å². The second kappa shape index (κ2) is 9.84. The van der Waals surface area contributed by atoms with Crippen molar-refractivity contribution in [3.05, 3.63) is 41.2 Å². The maximum Gasteiger partial charge on any atom is 0.257 e. The van der Waals surface area contributed by atoms with Gasteiger partial charge in [0.1, 0.15) is 11.5 Å². The molecule has 172 valence electrons. The minimum Gasteiger partial charge on any atom is -0.497 e. The molecule has 2 heterocycles. The van der Waals surface area contributed by atoms with Crippen molar-refractivity contribution in [2.75, 3.05) is 46.3 Å². The summed E-state index contributed by atoms with van der Waals surface area (Å²) in [5, 5.41) is 2.92. The van der Waals surface area contributed by atoms with E-state index < -0.39 is 0 Å². The SMILES string of the molecule is COc1ccc(C(=O)N2CCC(c3nc(N(C)C)ncc3C(=O)NC(C)C)C2)c(OC)c1. The van der Waals surface area contributed by atoms with Crippen LogP contribution < -0.4 is 19.7 Å². The molecule has 3 rings (SSSR count). The number of rotatable bonds is 7. The number of likely N-dealkylation sites (tertiary alicyclic amines) is 1. The van der Waals surface area contributed by atoms with Crippen molar-refractivity contribution in [2.45, 2.75) is 32.2 Å². The second-order valence-corrected chi connectivity index (χ2v) is 8.29. The van der Waals surface area contributed by atoms with Crippen LogP contribution in [0.1, 0.15) is 52.6 Å². The number of aromatic nitrogens is 2. The van der Waals surface area contributed by atoms with Gasteiger partial charge in [-0.15, -0.1) is 0 Å². The third-order valence-corrected chi connectivity index (χ3v) is 5.37. The maximum atomic E-state index is 13.2. The molecule has 0 bridgehead atoms. The Morgan fingerprint density at radius 2 is 1.94 bits per heavy atom. The number of hydrogen-bond donors (Lipinski definition) is 1. The summed E-state index contributed by atoms with van der Waals surface area (Å²) >= 11 is 0. The normalized spacial score (nSPS) is 15.6. The molecular weight excluding hydrogens is 410 g/mol. The zero-order valence-electron chi connectivity index (χ0n) is 19.5. The van der Waals surface area contributed by atoms with Crippen molar-refractivity contribution in [2.24, 2.45) is 0 Å². The highest BCUT2D eigenvalue weighted by Gasteiger charge is 2.33. The lowest BCUT2D eigenvalue weighted by Crippen LogP contribution is -2.32. The topological polar surface area (TPSA) is 96.9 Å². The van der Waals surface area contributed by atoms with Crippen LogP contribution in [0, 0.1) is 0 Å². The molecule has 1 atom stereocenters. The largest absolute Gasteiger partial charge is 0.497 e. The molecule has 1 saturated heterocycles. The Kier molecular flexibility index (Phi) is 7.17. The molecular formula is C23H31N5O4. The highest BCUT2D eigenvalue weighted by atomic mass is 16.5. The van der Waals surface area contributed by atoms with Crippen LogP contribution in [0.15, 0.2) is 24.4 Å². The third kappa shape index (κ3) is 4.92. The van der Waals surface area contributed by atoms with Gasteiger partial charge in [0.25, 0.3) is 11.8 Å². The van der Waals surface area contributed by atoms with Crippen molar-refractivity contribution in [1.82, 2.24) is 20.2 Å². The van der Waals surface area contributed by atoms with E-state index in [0.717, 1.165) is 0 Å². The van der Waals surface area contributed by atoms with Gasteiger partial charge in [0.05, 0.1) is 31.0 Å². The molecule has 2 amide bonds. The molecule has 9 heteroatoms. The number of carbonyl (C=O) groups is 2. The number of anilines is 1. The van der Waals surface area contributed by atoms with Gasteiger partial charge in [-0.1, -0.05) is 0 Å². The van der Waals surface area contributed by atoms with Crippen LogP contribution in [0.3, 0.4) is 0 Å². The van der Waals surface area contributed by atoms with E-state index in [1.54, 1.807) is 41.3 Å². The molecule has 1 aliphatic rings. The predicted octanol–water partition coefficient (Wildman–Crippen LogP) is 2.33. The first kappa shape index (κ1) is 23.3. The van der Waals surface area contributed by atoms with Gasteiger partial charge in [0.2, 0.25) is 5.95 Å². The summed E-state index contributed by atoms with van der Waals surface area (Å²) in [5.41, 5.74) is 1.59. The molecule has 0 spiro atoms. The summed E-state index contributed by atoms with van der Waals surface area (Å²) in [6.45, 7) is 4.83. The van der Waals surface area contributed by atoms with Crippen LogP contribution in [-0.2, 0) is 0 Å². The number of nitrogens with zero attached hydrogens (tertiary/aromatic N) is 4. The fourth-order valence-corrected chi connectivity index (χ4v) is 3.74. The van der Waals surface area contributed by atoms with E-state index in [0.29, 0.717) is 53.8 Å². The number of nitrogens with one attached hydrogen (secondary N) is 1. The van der Waals surface area contributed by atoms with E-state index >= 15 is 0 Å². The summed E-state index contributed by atoms with van der Waals surface area (Å²) in [6.07, 6.45) is 2.28. The van der Waals surface area contributed by atoms with Gasteiger partial charge in [-0.05, 0) is 32.4 Å². The van der Waals surface area contributed by atoms with Crippen LogP contribution in [0.5, 0.6) is 11.5 Å². The molecule has 2 aromatic rings. The van der Waals surface area contributed by atoms with Crippen LogP contribution in [0.2, 0.25) is 0 Å². The van der Waals surface area contributed by atoms with Gasteiger partial charge >= 0.3 is 0 Å². The second-order valence-electron chi connectivity index (χ2n) is 8.29. The predicted molar refractivity (Wildman–Crippen MR) is 122 cm³/mol. The number of amides is 2. The smallest absolute Gasteiger partial charge is 0.257 e. The number of hydrogen-bond acceptors (Lipinski definition) is 7. The standard InChI is InChI=1S/C23H31N5O4/c1-14(2)25-21(29)18-12-24-23(27(3)4)26-20(18)15-9-10-28(13-15)22(30)17-8-7-16(31-5)11-19(17)32-6/h7-8,11-12,14-15H,9-10,13H2,1-6H3,(H,25,29). The molecule has 1 aliphatic heterocycles. The van der Waals surface area contributed by atoms with Crippen molar-refractivity contribution in [3.8, 4) is 11.5 Å². The van der Waals surface area contributed by atoms with E-state index in [1.807, 2.05) is 27.9 Å². The number of methoxy groups -OCH3 is 2. The molecule has 1 fully saturated rings. The third-order valence-electron chi connectivity index (χ3n) is 5.37. The fraction of sp³-hybridized carbons (Fsp3) is 0.478. The van der Waals surface area contributed by atoms with Gasteiger partial charge in [0.15, 0.2) is 0 Å². The average Bonchev–Trinajstić information content (AvgIpc) is 3.27. The highest BCUT2D eigenvalue weighted by molar-refractivity contribution is 5.98. The molecule has 0 saturated carbocycles. The number of ether oxygens (including phenoxy) is 2. The van der Waals surface area contributed by atoms with Crippen molar-refractivity contribution in [1.29, 1.82) is 0 Å². The van der Waals surface area contributed by atoms with E-state index in [9.17, 15) is 9.59 Å². The minimum absolute atomic E-state index is 0.00642. The maximum absolute atomic E-state index is 13.2. The van der Waals surface area contributed by atoms with E-state index in [4.69, 9.17) is 9.47 Å². The fourth-order valence-electron chi connectivity index (χ4n) is 3.74. The van der Waals surface area contributed by atoms with Crippen LogP contribution in [0.25, 0.3) is 0 Å². The quantitative estimate of drug-likeness (QED) is 0.704. The van der Waals surface area contributed by atoms with Crippen LogP contribution in [0.4, 0.5) is 5.95 Å². The zero-order valence-corrected chi connectivity index (χ0v) is 19.5. The molecule has 1 N–H and O–H groups in total. The number of benzene rings is 1. The first-order valence-corrected chi connectivity index (χ1v) is 10.6. The van der Waals surface area contributed by atoms with Gasteiger partial charge in [-0.25, -0.2) is 9.97 Å².